The van der Waals surface area contributed by atoms with Crippen molar-refractivity contribution in [1.29, 1.82) is 0 Å². The molecule has 4 rings (SSSR count). The van der Waals surface area contributed by atoms with Gasteiger partial charge in [0.15, 0.2) is 5.13 Å². The van der Waals surface area contributed by atoms with Gasteiger partial charge < -0.3 is 4.74 Å². The van der Waals surface area contributed by atoms with Gasteiger partial charge >= 0.3 is 0 Å². The second-order valence-electron chi connectivity index (χ2n) is 8.38. The van der Waals surface area contributed by atoms with E-state index >= 15 is 0 Å². The van der Waals surface area contributed by atoms with E-state index in [4.69, 9.17) is 9.72 Å². The summed E-state index contributed by atoms with van der Waals surface area (Å²) in [7, 11) is -3.65. The van der Waals surface area contributed by atoms with Crippen LogP contribution in [0, 0.1) is 0 Å². The van der Waals surface area contributed by atoms with E-state index in [2.05, 4.69) is 6.58 Å². The molecule has 1 saturated heterocycles. The summed E-state index contributed by atoms with van der Waals surface area (Å²) in [5, 5.41) is 0.676. The Labute approximate surface area is 193 Å². The molecule has 2 atom stereocenters. The van der Waals surface area contributed by atoms with Crippen molar-refractivity contribution in [3.8, 4) is 0 Å². The third kappa shape index (κ3) is 4.66. The van der Waals surface area contributed by atoms with E-state index in [1.807, 2.05) is 13.8 Å². The van der Waals surface area contributed by atoms with E-state index in [-0.39, 0.29) is 23.0 Å². The van der Waals surface area contributed by atoms with Crippen LogP contribution in [0.2, 0.25) is 0 Å². The fourth-order valence-corrected chi connectivity index (χ4v) is 6.98. The van der Waals surface area contributed by atoms with Crippen molar-refractivity contribution in [3.05, 3.63) is 53.1 Å². The monoisotopic (exact) mass is 475 g/mol. The molecular weight excluding hydrogens is 446 g/mol. The Morgan fingerprint density at radius 3 is 2.50 bits per heavy atom. The molecule has 0 saturated carbocycles. The number of aryl methyl sites for hydroxylation is 2. The molecule has 0 N–H and O–H groups in total. The lowest BCUT2D eigenvalue weighted by atomic mass is 10.0. The van der Waals surface area contributed by atoms with Crippen molar-refractivity contribution in [1.82, 2.24) is 9.29 Å². The average Bonchev–Trinajstić information content (AvgIpc) is 3.20. The SMILES string of the molecule is C=CCN(C(=O)c1ccc(S(=O)(=O)N2C[C@@H](C)O[C@@H](C)C2)cc1)c1nc2c(s1)CCCC2. The van der Waals surface area contributed by atoms with Crippen LogP contribution >= 0.6 is 11.3 Å². The van der Waals surface area contributed by atoms with E-state index in [0.29, 0.717) is 30.3 Å². The third-order valence-electron chi connectivity index (χ3n) is 5.75. The van der Waals surface area contributed by atoms with Crippen LogP contribution in [0.4, 0.5) is 5.13 Å². The van der Waals surface area contributed by atoms with Crippen LogP contribution in [0.5, 0.6) is 0 Å². The molecule has 0 unspecified atom stereocenters. The molecule has 7 nitrogen and oxygen atoms in total. The summed E-state index contributed by atoms with van der Waals surface area (Å²) in [6.45, 7) is 8.48. The van der Waals surface area contributed by atoms with Crippen LogP contribution in [0.3, 0.4) is 0 Å². The molecule has 0 radical (unpaired) electrons. The van der Waals surface area contributed by atoms with Crippen molar-refractivity contribution < 1.29 is 17.9 Å². The van der Waals surface area contributed by atoms with E-state index in [9.17, 15) is 13.2 Å². The number of thiazole rings is 1. The normalized spacial score (nSPS) is 21.7. The van der Waals surface area contributed by atoms with Gasteiger partial charge in [0.2, 0.25) is 10.0 Å². The first-order valence-electron chi connectivity index (χ1n) is 11.0. The Bertz CT molecular complexity index is 1060. The lowest BCUT2D eigenvalue weighted by molar-refractivity contribution is -0.0440. The van der Waals surface area contributed by atoms with Crippen LogP contribution < -0.4 is 4.90 Å². The molecule has 1 aromatic carbocycles. The first kappa shape index (κ1) is 23.1. The topological polar surface area (TPSA) is 79.8 Å². The summed E-state index contributed by atoms with van der Waals surface area (Å²) >= 11 is 1.56. The lowest BCUT2D eigenvalue weighted by Gasteiger charge is -2.34. The van der Waals surface area contributed by atoms with Gasteiger partial charge in [-0.15, -0.1) is 17.9 Å². The molecule has 32 heavy (non-hydrogen) atoms. The van der Waals surface area contributed by atoms with Crippen molar-refractivity contribution in [2.24, 2.45) is 0 Å². The van der Waals surface area contributed by atoms with Gasteiger partial charge in [-0.25, -0.2) is 13.4 Å². The first-order chi connectivity index (χ1) is 15.3. The van der Waals surface area contributed by atoms with Gasteiger partial charge in [-0.2, -0.15) is 4.31 Å². The van der Waals surface area contributed by atoms with E-state index < -0.39 is 10.0 Å². The summed E-state index contributed by atoms with van der Waals surface area (Å²) in [6, 6.07) is 6.16. The molecule has 2 aromatic rings. The zero-order chi connectivity index (χ0) is 22.9. The number of hydrogen-bond acceptors (Lipinski definition) is 6. The fourth-order valence-electron chi connectivity index (χ4n) is 4.23. The smallest absolute Gasteiger partial charge is 0.260 e. The Kier molecular flexibility index (Phi) is 6.80. The number of amides is 1. The number of rotatable bonds is 6. The Morgan fingerprint density at radius 2 is 1.88 bits per heavy atom. The Hall–Kier alpha value is -2.07. The number of carbonyl (C=O) groups is 1. The molecule has 1 aliphatic carbocycles. The highest BCUT2D eigenvalue weighted by Crippen LogP contribution is 2.32. The van der Waals surface area contributed by atoms with Crippen LogP contribution in [0.25, 0.3) is 0 Å². The minimum absolute atomic E-state index is 0.161. The molecule has 172 valence electrons. The predicted molar refractivity (Wildman–Crippen MR) is 126 cm³/mol. The minimum atomic E-state index is -3.65. The highest BCUT2D eigenvalue weighted by Gasteiger charge is 2.32. The maximum atomic E-state index is 13.3. The van der Waals surface area contributed by atoms with Crippen LogP contribution in [-0.2, 0) is 27.6 Å². The largest absolute Gasteiger partial charge is 0.373 e. The van der Waals surface area contributed by atoms with Crippen molar-refractivity contribution >= 4 is 32.4 Å². The van der Waals surface area contributed by atoms with Crippen LogP contribution in [-0.4, -0.2) is 55.5 Å². The van der Waals surface area contributed by atoms with Crippen molar-refractivity contribution in [2.45, 2.75) is 56.6 Å². The number of nitrogens with zero attached hydrogens (tertiary/aromatic N) is 3. The molecule has 1 aliphatic heterocycles. The van der Waals surface area contributed by atoms with Gasteiger partial charge in [0.25, 0.3) is 5.91 Å². The summed E-state index contributed by atoms with van der Waals surface area (Å²) in [5.41, 5.74) is 1.51. The predicted octanol–water partition coefficient (Wildman–Crippen LogP) is 3.65. The molecule has 1 amide bonds. The number of morpholine rings is 1. The maximum absolute atomic E-state index is 13.3. The van der Waals surface area contributed by atoms with Gasteiger partial charge in [-0.3, -0.25) is 9.69 Å². The van der Waals surface area contributed by atoms with Gasteiger partial charge in [0.05, 0.1) is 22.8 Å². The van der Waals surface area contributed by atoms with Crippen LogP contribution in [0.15, 0.2) is 41.8 Å². The van der Waals surface area contributed by atoms with Crippen LogP contribution in [0.1, 0.15) is 47.6 Å². The van der Waals surface area contributed by atoms with Gasteiger partial charge in [-0.05, 0) is 63.8 Å². The van der Waals surface area contributed by atoms with Crippen molar-refractivity contribution in [2.75, 3.05) is 24.5 Å². The number of benzene rings is 1. The number of fused-ring (bicyclic) bond motifs is 1. The number of aromatic nitrogens is 1. The highest BCUT2D eigenvalue weighted by molar-refractivity contribution is 7.89. The van der Waals surface area contributed by atoms with Gasteiger partial charge in [0, 0.05) is 30.1 Å². The number of sulfonamides is 1. The number of carbonyl (C=O) groups excluding carboxylic acids is 1. The molecule has 1 aromatic heterocycles. The number of ether oxygens (including phenoxy) is 1. The highest BCUT2D eigenvalue weighted by atomic mass is 32.2. The summed E-state index contributed by atoms with van der Waals surface area (Å²) in [5.74, 6) is -0.214. The minimum Gasteiger partial charge on any atom is -0.373 e. The van der Waals surface area contributed by atoms with Gasteiger partial charge in [-0.1, -0.05) is 6.08 Å². The fraction of sp³-hybridized carbons (Fsp3) is 0.478. The van der Waals surface area contributed by atoms with Gasteiger partial charge in [0.1, 0.15) is 0 Å². The molecule has 0 spiro atoms. The zero-order valence-electron chi connectivity index (χ0n) is 18.5. The van der Waals surface area contributed by atoms with E-state index in [0.717, 1.165) is 31.4 Å². The molecule has 1 fully saturated rings. The zero-order valence-corrected chi connectivity index (χ0v) is 20.1. The summed E-state index contributed by atoms with van der Waals surface area (Å²) < 4.78 is 33.3. The van der Waals surface area contributed by atoms with Crippen molar-refractivity contribution in [3.63, 3.8) is 0 Å². The number of hydrogen-bond donors (Lipinski definition) is 0. The average molecular weight is 476 g/mol. The molecule has 0 bridgehead atoms. The Morgan fingerprint density at radius 1 is 1.22 bits per heavy atom. The lowest BCUT2D eigenvalue weighted by Crippen LogP contribution is -2.48. The summed E-state index contributed by atoms with van der Waals surface area (Å²) in [4.78, 5) is 21.0. The maximum Gasteiger partial charge on any atom is 0.260 e. The molecule has 9 heteroatoms. The summed E-state index contributed by atoms with van der Waals surface area (Å²) in [6.07, 6.45) is 5.60. The van der Waals surface area contributed by atoms with E-state index in [1.54, 1.807) is 34.4 Å². The first-order valence-corrected chi connectivity index (χ1v) is 13.2. The molecule has 2 aliphatic rings. The standard InChI is InChI=1S/C23H29N3O4S2/c1-4-13-26(23-24-20-7-5-6-8-21(20)31-23)22(27)18-9-11-19(12-10-18)32(28,29)25-14-16(2)30-17(3)15-25/h4,9-12,16-17H,1,5-8,13-15H2,2-3H3/t16-,17+. The molecular formula is C23H29N3O4S2. The quantitative estimate of drug-likeness (QED) is 0.596. The second-order valence-corrected chi connectivity index (χ2v) is 11.4. The third-order valence-corrected chi connectivity index (χ3v) is 8.77. The Balaban J connectivity index is 1.56. The number of anilines is 1. The van der Waals surface area contributed by atoms with E-state index in [1.165, 1.54) is 21.3 Å². The molecule has 2 heterocycles. The second kappa shape index (κ2) is 9.43.